The van der Waals surface area contributed by atoms with Crippen molar-refractivity contribution in [2.45, 2.75) is 26.9 Å². The highest BCUT2D eigenvalue weighted by Gasteiger charge is 2.15. The molecule has 0 bridgehead atoms. The first kappa shape index (κ1) is 22.2. The second-order valence-corrected chi connectivity index (χ2v) is 8.21. The number of carbonyl (C=O) groups excluding carboxylic acids is 1. The zero-order valence-electron chi connectivity index (χ0n) is 19.1. The molecule has 9 nitrogen and oxygen atoms in total. The molecular weight excluding hydrogens is 416 g/mol. The Balaban J connectivity index is 1.69. The first-order valence-corrected chi connectivity index (χ1v) is 10.6. The van der Waals surface area contributed by atoms with Gasteiger partial charge in [0.1, 0.15) is 0 Å². The average Bonchev–Trinajstić information content (AvgIpc) is 3.26. The van der Waals surface area contributed by atoms with Crippen molar-refractivity contribution < 1.29 is 4.79 Å². The van der Waals surface area contributed by atoms with Gasteiger partial charge in [-0.3, -0.25) is 14.8 Å². The number of nitrogens with zero attached hydrogens (tertiary/aromatic N) is 7. The van der Waals surface area contributed by atoms with Gasteiger partial charge < -0.3 is 10.2 Å². The minimum atomic E-state index is -0.213. The van der Waals surface area contributed by atoms with Gasteiger partial charge in [0.2, 0.25) is 0 Å². The zero-order valence-corrected chi connectivity index (χ0v) is 19.1. The van der Waals surface area contributed by atoms with E-state index in [0.29, 0.717) is 23.6 Å². The molecule has 1 N–H and O–H groups in total. The number of nitrogens with one attached hydrogen (secondary N) is 1. The quantitative estimate of drug-likeness (QED) is 0.469. The molecule has 0 spiro atoms. The highest BCUT2D eigenvalue weighted by atomic mass is 16.1. The fourth-order valence-corrected chi connectivity index (χ4v) is 3.35. The summed E-state index contributed by atoms with van der Waals surface area (Å²) in [4.78, 5) is 23.6. The molecule has 0 aliphatic rings. The Morgan fingerprint density at radius 2 is 1.79 bits per heavy atom. The van der Waals surface area contributed by atoms with Crippen LogP contribution in [0.25, 0.3) is 16.8 Å². The molecule has 0 radical (unpaired) electrons. The standard InChI is InChI=1S/C24H26N8O/c1-16-5-7-18(8-6-16)19-9-20(24(33)27-14-21-13-25-17(2)12-26-21)11-22(10-19)32-23(15-31(3)4)28-29-30-32/h5-13H,14-15H2,1-4H3,(H,27,33). The van der Waals surface area contributed by atoms with Crippen molar-refractivity contribution in [1.29, 1.82) is 0 Å². The van der Waals surface area contributed by atoms with Crippen LogP contribution in [-0.2, 0) is 13.1 Å². The Kier molecular flexibility index (Phi) is 6.50. The van der Waals surface area contributed by atoms with E-state index >= 15 is 0 Å². The van der Waals surface area contributed by atoms with E-state index in [9.17, 15) is 4.79 Å². The molecule has 168 valence electrons. The van der Waals surface area contributed by atoms with Crippen LogP contribution in [0.4, 0.5) is 0 Å². The van der Waals surface area contributed by atoms with Crippen molar-refractivity contribution in [3.63, 3.8) is 0 Å². The number of tetrazole rings is 1. The van der Waals surface area contributed by atoms with Crippen LogP contribution in [0.15, 0.2) is 54.9 Å². The Morgan fingerprint density at radius 1 is 1.00 bits per heavy atom. The first-order chi connectivity index (χ1) is 15.9. The highest BCUT2D eigenvalue weighted by molar-refractivity contribution is 5.96. The van der Waals surface area contributed by atoms with Gasteiger partial charge in [-0.1, -0.05) is 29.8 Å². The number of carbonyl (C=O) groups is 1. The summed E-state index contributed by atoms with van der Waals surface area (Å²) in [6, 6.07) is 13.8. The van der Waals surface area contributed by atoms with Crippen LogP contribution >= 0.6 is 0 Å². The summed E-state index contributed by atoms with van der Waals surface area (Å²) < 4.78 is 1.67. The van der Waals surface area contributed by atoms with Crippen molar-refractivity contribution in [2.75, 3.05) is 14.1 Å². The molecule has 2 aromatic carbocycles. The van der Waals surface area contributed by atoms with E-state index in [-0.39, 0.29) is 12.5 Å². The lowest BCUT2D eigenvalue weighted by molar-refractivity contribution is 0.0950. The van der Waals surface area contributed by atoms with Crippen molar-refractivity contribution in [3.8, 4) is 16.8 Å². The van der Waals surface area contributed by atoms with Crippen LogP contribution < -0.4 is 5.32 Å². The number of aromatic nitrogens is 6. The number of hydrogen-bond donors (Lipinski definition) is 1. The summed E-state index contributed by atoms with van der Waals surface area (Å²) in [7, 11) is 3.91. The maximum atomic E-state index is 13.1. The Hall–Kier alpha value is -3.98. The highest BCUT2D eigenvalue weighted by Crippen LogP contribution is 2.25. The van der Waals surface area contributed by atoms with Gasteiger partial charge in [0.05, 0.1) is 36.4 Å². The summed E-state index contributed by atoms with van der Waals surface area (Å²) in [6.07, 6.45) is 3.35. The first-order valence-electron chi connectivity index (χ1n) is 10.6. The van der Waals surface area contributed by atoms with Gasteiger partial charge in [-0.25, -0.2) is 0 Å². The maximum Gasteiger partial charge on any atom is 0.251 e. The largest absolute Gasteiger partial charge is 0.346 e. The molecule has 0 fully saturated rings. The van der Waals surface area contributed by atoms with Gasteiger partial charge in [0.25, 0.3) is 5.91 Å². The summed E-state index contributed by atoms with van der Waals surface area (Å²) in [5, 5.41) is 15.1. The van der Waals surface area contributed by atoms with E-state index < -0.39 is 0 Å². The lowest BCUT2D eigenvalue weighted by Crippen LogP contribution is -2.24. The average molecular weight is 443 g/mol. The minimum Gasteiger partial charge on any atom is -0.346 e. The molecule has 2 aromatic heterocycles. The fraction of sp³-hybridized carbons (Fsp3) is 0.250. The lowest BCUT2D eigenvalue weighted by atomic mass is 10.0. The van der Waals surface area contributed by atoms with E-state index in [1.54, 1.807) is 23.1 Å². The van der Waals surface area contributed by atoms with Crippen LogP contribution in [-0.4, -0.2) is 55.1 Å². The van der Waals surface area contributed by atoms with E-state index in [1.165, 1.54) is 5.56 Å². The molecule has 33 heavy (non-hydrogen) atoms. The monoisotopic (exact) mass is 442 g/mol. The smallest absolute Gasteiger partial charge is 0.251 e. The summed E-state index contributed by atoms with van der Waals surface area (Å²) in [5.41, 5.74) is 5.82. The predicted octanol–water partition coefficient (Wildman–Crippen LogP) is 2.73. The molecule has 1 amide bonds. The molecule has 2 heterocycles. The van der Waals surface area contributed by atoms with Crippen LogP contribution in [0.5, 0.6) is 0 Å². The number of aryl methyl sites for hydroxylation is 2. The topological polar surface area (TPSA) is 102 Å². The molecule has 0 atom stereocenters. The molecule has 9 heteroatoms. The van der Waals surface area contributed by atoms with E-state index in [0.717, 1.165) is 22.5 Å². The van der Waals surface area contributed by atoms with Gasteiger partial charge >= 0.3 is 0 Å². The predicted molar refractivity (Wildman–Crippen MR) is 125 cm³/mol. The van der Waals surface area contributed by atoms with E-state index in [4.69, 9.17) is 0 Å². The van der Waals surface area contributed by atoms with Crippen LogP contribution in [0.2, 0.25) is 0 Å². The number of hydrogen-bond acceptors (Lipinski definition) is 7. The van der Waals surface area contributed by atoms with Crippen molar-refractivity contribution in [2.24, 2.45) is 0 Å². The molecule has 0 aliphatic heterocycles. The number of benzene rings is 2. The SMILES string of the molecule is Cc1ccc(-c2cc(C(=O)NCc3cnc(C)cn3)cc(-n3nnnc3CN(C)C)c2)cc1. The number of rotatable bonds is 7. The summed E-state index contributed by atoms with van der Waals surface area (Å²) >= 11 is 0. The van der Waals surface area contributed by atoms with Crippen molar-refractivity contribution >= 4 is 5.91 Å². The van der Waals surface area contributed by atoms with Gasteiger partial charge in [-0.2, -0.15) is 4.68 Å². The molecule has 4 rings (SSSR count). The Bertz CT molecular complexity index is 1250. The van der Waals surface area contributed by atoms with Gasteiger partial charge in [0.15, 0.2) is 5.82 Å². The van der Waals surface area contributed by atoms with Gasteiger partial charge in [0, 0.05) is 11.8 Å². The molecule has 0 saturated carbocycles. The second kappa shape index (κ2) is 9.66. The molecule has 0 saturated heterocycles. The van der Waals surface area contributed by atoms with Crippen molar-refractivity contribution in [3.05, 3.63) is 83.2 Å². The maximum absolute atomic E-state index is 13.1. The van der Waals surface area contributed by atoms with Crippen LogP contribution in [0, 0.1) is 13.8 Å². The molecular formula is C24H26N8O. The third-order valence-corrected chi connectivity index (χ3v) is 5.07. The van der Waals surface area contributed by atoms with Crippen LogP contribution in [0.1, 0.15) is 33.1 Å². The third-order valence-electron chi connectivity index (χ3n) is 5.07. The Labute approximate surface area is 192 Å². The lowest BCUT2D eigenvalue weighted by Gasteiger charge is -2.13. The van der Waals surface area contributed by atoms with Crippen molar-refractivity contribution in [1.82, 2.24) is 40.4 Å². The van der Waals surface area contributed by atoms with Gasteiger partial charge in [-0.05, 0) is 67.7 Å². The zero-order chi connectivity index (χ0) is 23.4. The molecule has 0 aliphatic carbocycles. The van der Waals surface area contributed by atoms with E-state index in [1.807, 2.05) is 69.2 Å². The fourth-order valence-electron chi connectivity index (χ4n) is 3.35. The summed E-state index contributed by atoms with van der Waals surface area (Å²) in [6.45, 7) is 4.76. The summed E-state index contributed by atoms with van der Waals surface area (Å²) in [5.74, 6) is 0.470. The molecule has 4 aromatic rings. The number of amides is 1. The third kappa shape index (κ3) is 5.45. The molecule has 0 unspecified atom stereocenters. The van der Waals surface area contributed by atoms with Gasteiger partial charge in [-0.15, -0.1) is 5.10 Å². The van der Waals surface area contributed by atoms with Crippen LogP contribution in [0.3, 0.4) is 0 Å². The second-order valence-electron chi connectivity index (χ2n) is 8.21. The van der Waals surface area contributed by atoms with E-state index in [2.05, 4.69) is 30.8 Å². The normalized spacial score (nSPS) is 11.1. The minimum absolute atomic E-state index is 0.213. The Morgan fingerprint density at radius 3 is 2.48 bits per heavy atom.